The molecule has 2 aliphatic rings. The van der Waals surface area contributed by atoms with Crippen LogP contribution in [-0.4, -0.2) is 56.3 Å². The lowest BCUT2D eigenvalue weighted by molar-refractivity contribution is -0.137. The maximum Gasteiger partial charge on any atom is 0.416 e. The average Bonchev–Trinajstić information content (AvgIpc) is 3.20. The number of halogens is 3. The molecule has 2 saturated heterocycles. The molecule has 0 unspecified atom stereocenters. The van der Waals surface area contributed by atoms with Gasteiger partial charge in [0, 0.05) is 36.9 Å². The van der Waals surface area contributed by atoms with Gasteiger partial charge in [0.25, 0.3) is 15.9 Å². The predicted octanol–water partition coefficient (Wildman–Crippen LogP) is 3.43. The van der Waals surface area contributed by atoms with Gasteiger partial charge in [-0.15, -0.1) is 0 Å². The number of carbonyl (C=O) groups excluding carboxylic acids is 1. The van der Waals surface area contributed by atoms with Gasteiger partial charge in [0.05, 0.1) is 10.5 Å². The summed E-state index contributed by atoms with van der Waals surface area (Å²) in [6, 6.07) is 9.77. The SMILES string of the molecule is O=C(c1cccc(S(=O)(=O)Nc2ccc(C(F)(F)F)cc2)c1)N1CCN2CCC[C@@H]2C1. The molecule has 0 saturated carbocycles. The molecular formula is C21H22F3N3O3S. The Labute approximate surface area is 178 Å². The Balaban J connectivity index is 1.49. The van der Waals surface area contributed by atoms with E-state index in [1.807, 2.05) is 0 Å². The second-order valence-corrected chi connectivity index (χ2v) is 9.47. The van der Waals surface area contributed by atoms with Gasteiger partial charge in [0.2, 0.25) is 0 Å². The van der Waals surface area contributed by atoms with Gasteiger partial charge in [0.15, 0.2) is 0 Å². The third-order valence-corrected chi connectivity index (χ3v) is 7.11. The first-order valence-electron chi connectivity index (χ1n) is 9.97. The van der Waals surface area contributed by atoms with Crippen molar-refractivity contribution in [3.05, 3.63) is 59.7 Å². The van der Waals surface area contributed by atoms with E-state index in [4.69, 9.17) is 0 Å². The van der Waals surface area contributed by atoms with Crippen molar-refractivity contribution in [1.82, 2.24) is 9.80 Å². The van der Waals surface area contributed by atoms with Crippen molar-refractivity contribution < 1.29 is 26.4 Å². The van der Waals surface area contributed by atoms with Crippen LogP contribution in [-0.2, 0) is 16.2 Å². The fourth-order valence-corrected chi connectivity index (χ4v) is 5.20. The molecule has 166 valence electrons. The smallest absolute Gasteiger partial charge is 0.336 e. The van der Waals surface area contributed by atoms with Crippen LogP contribution in [0.2, 0.25) is 0 Å². The summed E-state index contributed by atoms with van der Waals surface area (Å²) in [5.74, 6) is -0.224. The highest BCUT2D eigenvalue weighted by Crippen LogP contribution is 2.30. The summed E-state index contributed by atoms with van der Waals surface area (Å²) in [7, 11) is -4.07. The molecule has 31 heavy (non-hydrogen) atoms. The van der Waals surface area contributed by atoms with E-state index in [-0.39, 0.29) is 22.1 Å². The van der Waals surface area contributed by atoms with E-state index in [1.165, 1.54) is 18.2 Å². The van der Waals surface area contributed by atoms with Crippen molar-refractivity contribution in [3.63, 3.8) is 0 Å². The number of hydrogen-bond acceptors (Lipinski definition) is 4. The van der Waals surface area contributed by atoms with Crippen molar-refractivity contribution in [1.29, 1.82) is 0 Å². The predicted molar refractivity (Wildman–Crippen MR) is 109 cm³/mol. The minimum Gasteiger partial charge on any atom is -0.336 e. The summed E-state index contributed by atoms with van der Waals surface area (Å²) in [6.45, 7) is 3.08. The monoisotopic (exact) mass is 453 g/mol. The second-order valence-electron chi connectivity index (χ2n) is 7.79. The van der Waals surface area contributed by atoms with Crippen LogP contribution in [0, 0.1) is 0 Å². The molecule has 4 rings (SSSR count). The number of alkyl halides is 3. The van der Waals surface area contributed by atoms with Crippen LogP contribution in [0.4, 0.5) is 18.9 Å². The summed E-state index contributed by atoms with van der Waals surface area (Å²) in [6.07, 6.45) is -2.33. The lowest BCUT2D eigenvalue weighted by Gasteiger charge is -2.37. The molecule has 0 aromatic heterocycles. The zero-order valence-corrected chi connectivity index (χ0v) is 17.4. The first-order chi connectivity index (χ1) is 14.6. The zero-order chi connectivity index (χ0) is 22.2. The van der Waals surface area contributed by atoms with Gasteiger partial charge in [-0.2, -0.15) is 13.2 Å². The zero-order valence-electron chi connectivity index (χ0n) is 16.6. The first kappa shape index (κ1) is 21.6. The highest BCUT2D eigenvalue weighted by Gasteiger charge is 2.33. The molecule has 0 bridgehead atoms. The topological polar surface area (TPSA) is 69.7 Å². The molecule has 1 atom stereocenters. The van der Waals surface area contributed by atoms with Crippen LogP contribution >= 0.6 is 0 Å². The molecule has 2 aliphatic heterocycles. The standard InChI is InChI=1S/C21H22F3N3O3S/c22-21(23,24)16-6-8-17(9-7-16)25-31(29,30)19-5-1-3-15(13-19)20(28)27-12-11-26-10-2-4-18(26)14-27/h1,3,5-9,13,18,25H,2,4,10-12,14H2/t18-/m1/s1. The first-order valence-corrected chi connectivity index (χ1v) is 11.5. The second kappa shape index (κ2) is 8.16. The summed E-state index contributed by atoms with van der Waals surface area (Å²) in [4.78, 5) is 16.9. The van der Waals surface area contributed by atoms with Crippen LogP contribution in [0.1, 0.15) is 28.8 Å². The maximum atomic E-state index is 12.9. The fraction of sp³-hybridized carbons (Fsp3) is 0.381. The van der Waals surface area contributed by atoms with Crippen LogP contribution in [0.15, 0.2) is 53.4 Å². The number of piperazine rings is 1. The molecular weight excluding hydrogens is 431 g/mol. The van der Waals surface area contributed by atoms with E-state index < -0.39 is 21.8 Å². The Kier molecular flexibility index (Phi) is 5.69. The van der Waals surface area contributed by atoms with Crippen LogP contribution in [0.5, 0.6) is 0 Å². The third-order valence-electron chi connectivity index (χ3n) is 5.73. The third kappa shape index (κ3) is 4.69. The number of carbonyl (C=O) groups is 1. The summed E-state index contributed by atoms with van der Waals surface area (Å²) >= 11 is 0. The van der Waals surface area contributed by atoms with Crippen molar-refractivity contribution in [3.8, 4) is 0 Å². The highest BCUT2D eigenvalue weighted by atomic mass is 32.2. The Morgan fingerprint density at radius 2 is 1.77 bits per heavy atom. The lowest BCUT2D eigenvalue weighted by atomic mass is 10.1. The van der Waals surface area contributed by atoms with Gasteiger partial charge >= 0.3 is 6.18 Å². The Hall–Kier alpha value is -2.59. The molecule has 2 heterocycles. The van der Waals surface area contributed by atoms with Crippen LogP contribution in [0.25, 0.3) is 0 Å². The molecule has 1 amide bonds. The van der Waals surface area contributed by atoms with Gasteiger partial charge in [-0.25, -0.2) is 8.42 Å². The average molecular weight is 453 g/mol. The van der Waals surface area contributed by atoms with E-state index in [0.717, 1.165) is 50.2 Å². The van der Waals surface area contributed by atoms with Crippen molar-refractivity contribution >= 4 is 21.6 Å². The lowest BCUT2D eigenvalue weighted by Crippen LogP contribution is -2.52. The minimum absolute atomic E-state index is 0.00193. The van der Waals surface area contributed by atoms with Crippen LogP contribution < -0.4 is 4.72 Å². The number of fused-ring (bicyclic) bond motifs is 1. The molecule has 2 fully saturated rings. The molecule has 0 spiro atoms. The summed E-state index contributed by atoms with van der Waals surface area (Å²) in [5.41, 5.74) is -0.603. The van der Waals surface area contributed by atoms with Crippen molar-refractivity contribution in [2.45, 2.75) is 30.0 Å². The van der Waals surface area contributed by atoms with Crippen molar-refractivity contribution in [2.75, 3.05) is 30.9 Å². The van der Waals surface area contributed by atoms with E-state index >= 15 is 0 Å². The molecule has 6 nitrogen and oxygen atoms in total. The van der Waals surface area contributed by atoms with Crippen LogP contribution in [0.3, 0.4) is 0 Å². The summed E-state index contributed by atoms with van der Waals surface area (Å²) < 4.78 is 65.8. The largest absolute Gasteiger partial charge is 0.416 e. The van der Waals surface area contributed by atoms with E-state index in [1.54, 1.807) is 11.0 Å². The summed E-state index contributed by atoms with van der Waals surface area (Å²) in [5, 5.41) is 0. The van der Waals surface area contributed by atoms with Gasteiger partial charge in [-0.3, -0.25) is 14.4 Å². The fourth-order valence-electron chi connectivity index (χ4n) is 4.10. The molecule has 1 N–H and O–H groups in total. The van der Waals surface area contributed by atoms with Gasteiger partial charge in [0.1, 0.15) is 0 Å². The van der Waals surface area contributed by atoms with E-state index in [2.05, 4.69) is 9.62 Å². The number of sulfonamides is 1. The number of hydrogen-bond donors (Lipinski definition) is 1. The molecule has 0 aliphatic carbocycles. The quantitative estimate of drug-likeness (QED) is 0.770. The number of rotatable bonds is 4. The molecule has 2 aromatic rings. The normalized spacial score (nSPS) is 19.8. The van der Waals surface area contributed by atoms with Gasteiger partial charge in [-0.1, -0.05) is 6.07 Å². The Morgan fingerprint density at radius 1 is 1.03 bits per heavy atom. The number of benzene rings is 2. The molecule has 0 radical (unpaired) electrons. The molecule has 10 heteroatoms. The van der Waals surface area contributed by atoms with Gasteiger partial charge < -0.3 is 4.90 Å². The number of nitrogens with one attached hydrogen (secondary N) is 1. The molecule has 2 aromatic carbocycles. The highest BCUT2D eigenvalue weighted by molar-refractivity contribution is 7.92. The Bertz CT molecular complexity index is 1070. The van der Waals surface area contributed by atoms with Crippen molar-refractivity contribution in [2.24, 2.45) is 0 Å². The maximum absolute atomic E-state index is 12.9. The van der Waals surface area contributed by atoms with Gasteiger partial charge in [-0.05, 0) is 61.9 Å². The van der Waals surface area contributed by atoms with E-state index in [9.17, 15) is 26.4 Å². The number of anilines is 1. The number of nitrogens with zero attached hydrogens (tertiary/aromatic N) is 2. The van der Waals surface area contributed by atoms with E-state index in [0.29, 0.717) is 19.1 Å². The Morgan fingerprint density at radius 3 is 2.48 bits per heavy atom. The minimum atomic E-state index is -4.50. The number of amides is 1.